The van der Waals surface area contributed by atoms with Crippen molar-refractivity contribution in [2.75, 3.05) is 11.9 Å². The molecule has 0 radical (unpaired) electrons. The third-order valence-corrected chi connectivity index (χ3v) is 4.11. The van der Waals surface area contributed by atoms with Gasteiger partial charge in [-0.15, -0.1) is 0 Å². The molecule has 0 atom stereocenters. The van der Waals surface area contributed by atoms with Gasteiger partial charge in [-0.2, -0.15) is 0 Å². The van der Waals surface area contributed by atoms with Crippen molar-refractivity contribution in [2.45, 2.75) is 13.8 Å². The van der Waals surface area contributed by atoms with E-state index in [0.717, 1.165) is 25.9 Å². The molecule has 2 rings (SSSR count). The summed E-state index contributed by atoms with van der Waals surface area (Å²) in [7, 11) is 0. The molecular formula is C16H15Br2NO2. The Labute approximate surface area is 141 Å². The molecule has 0 heterocycles. The molecule has 2 aromatic rings. The summed E-state index contributed by atoms with van der Waals surface area (Å²) >= 11 is 6.77. The zero-order valence-corrected chi connectivity index (χ0v) is 14.9. The number of amides is 1. The summed E-state index contributed by atoms with van der Waals surface area (Å²) in [6.45, 7) is 4.50. The van der Waals surface area contributed by atoms with Crippen LogP contribution in [0.5, 0.6) is 5.75 Å². The Balaban J connectivity index is 2.21. The topological polar surface area (TPSA) is 38.3 Å². The van der Waals surface area contributed by atoms with Crippen LogP contribution in [0.25, 0.3) is 0 Å². The normalized spacial score (nSPS) is 10.3. The lowest BCUT2D eigenvalue weighted by Gasteiger charge is -2.11. The SMILES string of the molecule is CCOc1ccc(NC(=O)c2cc(Br)ccc2Br)c(C)c1. The molecule has 3 nitrogen and oxygen atoms in total. The number of carbonyl (C=O) groups is 1. The number of carbonyl (C=O) groups excluding carboxylic acids is 1. The first-order chi connectivity index (χ1) is 10.0. The lowest BCUT2D eigenvalue weighted by molar-refractivity contribution is 0.102. The van der Waals surface area contributed by atoms with Crippen LogP contribution in [0.15, 0.2) is 45.3 Å². The third kappa shape index (κ3) is 4.08. The van der Waals surface area contributed by atoms with Crippen LogP contribution in [-0.4, -0.2) is 12.5 Å². The molecule has 2 aromatic carbocycles. The highest BCUT2D eigenvalue weighted by Crippen LogP contribution is 2.25. The minimum atomic E-state index is -0.157. The Bertz CT molecular complexity index is 671. The Morgan fingerprint density at radius 1 is 1.19 bits per heavy atom. The van der Waals surface area contributed by atoms with Crippen molar-refractivity contribution in [3.05, 3.63) is 56.5 Å². The van der Waals surface area contributed by atoms with Crippen molar-refractivity contribution in [1.29, 1.82) is 0 Å². The van der Waals surface area contributed by atoms with Crippen LogP contribution >= 0.6 is 31.9 Å². The fourth-order valence-electron chi connectivity index (χ4n) is 1.89. The Hall–Kier alpha value is -1.33. The molecule has 1 amide bonds. The van der Waals surface area contributed by atoms with Gasteiger partial charge in [0.1, 0.15) is 5.75 Å². The van der Waals surface area contributed by atoms with Crippen molar-refractivity contribution >= 4 is 43.5 Å². The largest absolute Gasteiger partial charge is 0.494 e. The van der Waals surface area contributed by atoms with E-state index < -0.39 is 0 Å². The summed E-state index contributed by atoms with van der Waals surface area (Å²) in [5.41, 5.74) is 2.31. The van der Waals surface area contributed by atoms with Gasteiger partial charge in [-0.3, -0.25) is 4.79 Å². The summed E-state index contributed by atoms with van der Waals surface area (Å²) < 4.78 is 7.06. The quantitative estimate of drug-likeness (QED) is 0.751. The molecule has 0 aliphatic rings. The third-order valence-electron chi connectivity index (χ3n) is 2.93. The highest BCUT2D eigenvalue weighted by molar-refractivity contribution is 9.11. The van der Waals surface area contributed by atoms with E-state index in [1.807, 2.05) is 44.2 Å². The number of nitrogens with one attached hydrogen (secondary N) is 1. The van der Waals surface area contributed by atoms with Crippen LogP contribution in [0, 0.1) is 6.92 Å². The summed E-state index contributed by atoms with van der Waals surface area (Å²) in [6, 6.07) is 11.1. The highest BCUT2D eigenvalue weighted by atomic mass is 79.9. The van der Waals surface area contributed by atoms with E-state index in [0.29, 0.717) is 12.2 Å². The Morgan fingerprint density at radius 3 is 2.62 bits per heavy atom. The second kappa shape index (κ2) is 7.09. The fraction of sp³-hybridized carbons (Fsp3) is 0.188. The van der Waals surface area contributed by atoms with Gasteiger partial charge in [-0.05, 0) is 71.7 Å². The summed E-state index contributed by atoms with van der Waals surface area (Å²) in [5, 5.41) is 2.92. The first-order valence-electron chi connectivity index (χ1n) is 6.51. The van der Waals surface area contributed by atoms with Crippen LogP contribution < -0.4 is 10.1 Å². The fourth-order valence-corrected chi connectivity index (χ4v) is 2.68. The van der Waals surface area contributed by atoms with E-state index in [2.05, 4.69) is 37.2 Å². The summed E-state index contributed by atoms with van der Waals surface area (Å²) in [6.07, 6.45) is 0. The number of hydrogen-bond acceptors (Lipinski definition) is 2. The zero-order chi connectivity index (χ0) is 15.4. The maximum Gasteiger partial charge on any atom is 0.256 e. The van der Waals surface area contributed by atoms with Crippen LogP contribution in [-0.2, 0) is 0 Å². The summed E-state index contributed by atoms with van der Waals surface area (Å²) in [4.78, 5) is 12.4. The lowest BCUT2D eigenvalue weighted by Crippen LogP contribution is -2.13. The molecule has 21 heavy (non-hydrogen) atoms. The maximum atomic E-state index is 12.4. The van der Waals surface area contributed by atoms with Gasteiger partial charge in [0, 0.05) is 14.6 Å². The number of halogens is 2. The van der Waals surface area contributed by atoms with E-state index >= 15 is 0 Å². The number of ether oxygens (including phenoxy) is 1. The smallest absolute Gasteiger partial charge is 0.256 e. The molecule has 0 unspecified atom stereocenters. The number of hydrogen-bond donors (Lipinski definition) is 1. The second-order valence-corrected chi connectivity index (χ2v) is 6.26. The van der Waals surface area contributed by atoms with Gasteiger partial charge in [0.25, 0.3) is 5.91 Å². The van der Waals surface area contributed by atoms with Gasteiger partial charge in [0.05, 0.1) is 12.2 Å². The van der Waals surface area contributed by atoms with Gasteiger partial charge < -0.3 is 10.1 Å². The van der Waals surface area contributed by atoms with Crippen LogP contribution in [0.2, 0.25) is 0 Å². The molecule has 5 heteroatoms. The van der Waals surface area contributed by atoms with E-state index in [9.17, 15) is 4.79 Å². The predicted octanol–water partition coefficient (Wildman–Crippen LogP) is 5.17. The molecule has 0 aromatic heterocycles. The highest BCUT2D eigenvalue weighted by Gasteiger charge is 2.12. The molecule has 0 fully saturated rings. The molecular weight excluding hydrogens is 398 g/mol. The molecule has 0 spiro atoms. The molecule has 0 bridgehead atoms. The monoisotopic (exact) mass is 411 g/mol. The average molecular weight is 413 g/mol. The standard InChI is InChI=1S/C16H15Br2NO2/c1-3-21-12-5-7-15(10(2)8-12)19-16(20)13-9-11(17)4-6-14(13)18/h4-9H,3H2,1-2H3,(H,19,20). The number of aryl methyl sites for hydroxylation is 1. The van der Waals surface area contributed by atoms with Gasteiger partial charge in [0.2, 0.25) is 0 Å². The molecule has 0 saturated heterocycles. The predicted molar refractivity (Wildman–Crippen MR) is 92.1 cm³/mol. The van der Waals surface area contributed by atoms with Crippen LogP contribution in [0.1, 0.15) is 22.8 Å². The molecule has 110 valence electrons. The molecule has 0 aliphatic carbocycles. The lowest BCUT2D eigenvalue weighted by atomic mass is 10.1. The van der Waals surface area contributed by atoms with E-state index in [1.54, 1.807) is 6.07 Å². The van der Waals surface area contributed by atoms with Gasteiger partial charge in [-0.25, -0.2) is 0 Å². The summed E-state index contributed by atoms with van der Waals surface area (Å²) in [5.74, 6) is 0.645. The van der Waals surface area contributed by atoms with Crippen LogP contribution in [0.3, 0.4) is 0 Å². The first-order valence-corrected chi connectivity index (χ1v) is 8.09. The van der Waals surface area contributed by atoms with Crippen LogP contribution in [0.4, 0.5) is 5.69 Å². The molecule has 1 N–H and O–H groups in total. The number of benzene rings is 2. The van der Waals surface area contributed by atoms with E-state index in [-0.39, 0.29) is 5.91 Å². The average Bonchev–Trinajstić information content (AvgIpc) is 2.44. The number of anilines is 1. The van der Waals surface area contributed by atoms with Crippen molar-refractivity contribution in [1.82, 2.24) is 0 Å². The Kier molecular flexibility index (Phi) is 5.42. The van der Waals surface area contributed by atoms with Gasteiger partial charge >= 0.3 is 0 Å². The van der Waals surface area contributed by atoms with Gasteiger partial charge in [0.15, 0.2) is 0 Å². The van der Waals surface area contributed by atoms with Crippen molar-refractivity contribution in [2.24, 2.45) is 0 Å². The van der Waals surface area contributed by atoms with Crippen molar-refractivity contribution in [3.8, 4) is 5.75 Å². The first kappa shape index (κ1) is 16.0. The van der Waals surface area contributed by atoms with E-state index in [4.69, 9.17) is 4.74 Å². The minimum Gasteiger partial charge on any atom is -0.494 e. The second-order valence-electron chi connectivity index (χ2n) is 4.49. The maximum absolute atomic E-state index is 12.4. The number of rotatable bonds is 4. The zero-order valence-electron chi connectivity index (χ0n) is 11.7. The molecule has 0 aliphatic heterocycles. The van der Waals surface area contributed by atoms with Crippen molar-refractivity contribution < 1.29 is 9.53 Å². The molecule has 0 saturated carbocycles. The Morgan fingerprint density at radius 2 is 1.95 bits per heavy atom. The van der Waals surface area contributed by atoms with Gasteiger partial charge in [-0.1, -0.05) is 15.9 Å². The minimum absolute atomic E-state index is 0.157. The van der Waals surface area contributed by atoms with E-state index in [1.165, 1.54) is 0 Å². The van der Waals surface area contributed by atoms with Crippen molar-refractivity contribution in [3.63, 3.8) is 0 Å².